The molecule has 16 heavy (non-hydrogen) atoms. The third-order valence-corrected chi connectivity index (χ3v) is 2.93. The maximum Gasteiger partial charge on any atom is 0.223 e. The van der Waals surface area contributed by atoms with E-state index < -0.39 is 0 Å². The van der Waals surface area contributed by atoms with Crippen molar-refractivity contribution >= 4 is 5.91 Å². The highest BCUT2D eigenvalue weighted by molar-refractivity contribution is 5.76. The highest BCUT2D eigenvalue weighted by Gasteiger charge is 2.16. The van der Waals surface area contributed by atoms with Gasteiger partial charge in [-0.2, -0.15) is 0 Å². The van der Waals surface area contributed by atoms with E-state index in [0.717, 1.165) is 45.6 Å². The van der Waals surface area contributed by atoms with Crippen LogP contribution in [0.4, 0.5) is 0 Å². The number of methoxy groups -OCH3 is 1. The van der Waals surface area contributed by atoms with Gasteiger partial charge in [-0.15, -0.1) is 0 Å². The Hall–Kier alpha value is -0.610. The predicted octanol–water partition coefficient (Wildman–Crippen LogP) is 1.02. The number of carbonyl (C=O) groups is 1. The minimum atomic E-state index is 0.307. The van der Waals surface area contributed by atoms with Gasteiger partial charge in [0.05, 0.1) is 0 Å². The quantitative estimate of drug-likeness (QED) is 0.631. The topological polar surface area (TPSA) is 41.6 Å². The lowest BCUT2D eigenvalue weighted by Crippen LogP contribution is -2.30. The van der Waals surface area contributed by atoms with Crippen molar-refractivity contribution in [3.63, 3.8) is 0 Å². The SMILES string of the molecule is COCCCCNCCC(=O)N1CCCC1. The molecule has 4 heteroatoms. The van der Waals surface area contributed by atoms with Gasteiger partial charge >= 0.3 is 0 Å². The molecular weight excluding hydrogens is 204 g/mol. The second-order valence-electron chi connectivity index (χ2n) is 4.29. The van der Waals surface area contributed by atoms with Crippen LogP contribution in [0.3, 0.4) is 0 Å². The van der Waals surface area contributed by atoms with Crippen molar-refractivity contribution in [2.45, 2.75) is 32.1 Å². The van der Waals surface area contributed by atoms with Crippen LogP contribution >= 0.6 is 0 Å². The minimum absolute atomic E-state index is 0.307. The molecule has 1 saturated heterocycles. The molecule has 1 fully saturated rings. The van der Waals surface area contributed by atoms with Gasteiger partial charge in [0.15, 0.2) is 0 Å². The van der Waals surface area contributed by atoms with Crippen molar-refractivity contribution in [1.82, 2.24) is 10.2 Å². The van der Waals surface area contributed by atoms with E-state index in [1.807, 2.05) is 4.90 Å². The molecule has 0 aromatic rings. The molecule has 0 atom stereocenters. The second-order valence-corrected chi connectivity index (χ2v) is 4.29. The summed E-state index contributed by atoms with van der Waals surface area (Å²) in [5, 5.41) is 3.30. The number of nitrogens with zero attached hydrogens (tertiary/aromatic N) is 1. The van der Waals surface area contributed by atoms with Crippen LogP contribution in [0.2, 0.25) is 0 Å². The summed E-state index contributed by atoms with van der Waals surface area (Å²) in [6, 6.07) is 0. The van der Waals surface area contributed by atoms with Crippen molar-refractivity contribution in [3.05, 3.63) is 0 Å². The van der Waals surface area contributed by atoms with E-state index in [2.05, 4.69) is 5.32 Å². The van der Waals surface area contributed by atoms with Crippen molar-refractivity contribution in [3.8, 4) is 0 Å². The molecule has 0 saturated carbocycles. The number of ether oxygens (including phenoxy) is 1. The molecule has 1 heterocycles. The molecule has 1 N–H and O–H groups in total. The summed E-state index contributed by atoms with van der Waals surface area (Å²) in [6.07, 6.45) is 5.20. The number of hydrogen-bond acceptors (Lipinski definition) is 3. The number of likely N-dealkylation sites (tertiary alicyclic amines) is 1. The van der Waals surface area contributed by atoms with E-state index >= 15 is 0 Å². The number of rotatable bonds is 8. The van der Waals surface area contributed by atoms with E-state index in [0.29, 0.717) is 12.3 Å². The van der Waals surface area contributed by atoms with Gasteiger partial charge in [-0.05, 0) is 32.2 Å². The van der Waals surface area contributed by atoms with Crippen LogP contribution in [-0.2, 0) is 9.53 Å². The summed E-state index contributed by atoms with van der Waals surface area (Å²) in [5.74, 6) is 0.307. The first-order chi connectivity index (χ1) is 7.84. The molecule has 0 unspecified atom stereocenters. The lowest BCUT2D eigenvalue weighted by Gasteiger charge is -2.15. The van der Waals surface area contributed by atoms with E-state index in [1.54, 1.807) is 7.11 Å². The number of hydrogen-bond donors (Lipinski definition) is 1. The largest absolute Gasteiger partial charge is 0.385 e. The Bertz CT molecular complexity index is 191. The van der Waals surface area contributed by atoms with E-state index in [4.69, 9.17) is 4.74 Å². The molecule has 0 aromatic heterocycles. The van der Waals surface area contributed by atoms with Crippen LogP contribution in [0.15, 0.2) is 0 Å². The van der Waals surface area contributed by atoms with Gasteiger partial charge in [-0.25, -0.2) is 0 Å². The maximum absolute atomic E-state index is 11.6. The first-order valence-corrected chi connectivity index (χ1v) is 6.32. The van der Waals surface area contributed by atoms with Crippen LogP contribution in [0.25, 0.3) is 0 Å². The molecule has 1 amide bonds. The number of amides is 1. The molecule has 0 aliphatic carbocycles. The normalized spacial score (nSPS) is 15.7. The fraction of sp³-hybridized carbons (Fsp3) is 0.917. The summed E-state index contributed by atoms with van der Waals surface area (Å²) in [4.78, 5) is 13.6. The van der Waals surface area contributed by atoms with Gasteiger partial charge in [0.1, 0.15) is 0 Å². The van der Waals surface area contributed by atoms with Gasteiger partial charge in [0, 0.05) is 39.8 Å². The summed E-state index contributed by atoms with van der Waals surface area (Å²) in [5.41, 5.74) is 0. The van der Waals surface area contributed by atoms with Crippen molar-refractivity contribution in [1.29, 1.82) is 0 Å². The van der Waals surface area contributed by atoms with E-state index in [1.165, 1.54) is 12.8 Å². The van der Waals surface area contributed by atoms with Crippen molar-refractivity contribution < 1.29 is 9.53 Å². The predicted molar refractivity (Wildman–Crippen MR) is 64.4 cm³/mol. The molecule has 1 aliphatic heterocycles. The highest BCUT2D eigenvalue weighted by atomic mass is 16.5. The molecule has 0 radical (unpaired) electrons. The summed E-state index contributed by atoms with van der Waals surface area (Å²) >= 11 is 0. The van der Waals surface area contributed by atoms with E-state index in [-0.39, 0.29) is 0 Å². The van der Waals surface area contributed by atoms with Gasteiger partial charge < -0.3 is 15.0 Å². The monoisotopic (exact) mass is 228 g/mol. The molecule has 4 nitrogen and oxygen atoms in total. The van der Waals surface area contributed by atoms with Crippen molar-refractivity contribution in [2.24, 2.45) is 0 Å². The molecule has 0 aromatic carbocycles. The Morgan fingerprint density at radius 1 is 1.25 bits per heavy atom. The molecule has 0 bridgehead atoms. The standard InChI is InChI=1S/C12H24N2O2/c1-16-11-5-2-7-13-8-6-12(15)14-9-3-4-10-14/h13H,2-11H2,1H3. The van der Waals surface area contributed by atoms with Crippen LogP contribution < -0.4 is 5.32 Å². The number of carbonyl (C=O) groups excluding carboxylic acids is 1. The Morgan fingerprint density at radius 2 is 2.00 bits per heavy atom. The smallest absolute Gasteiger partial charge is 0.223 e. The minimum Gasteiger partial charge on any atom is -0.385 e. The Balaban J connectivity index is 1.88. The Kier molecular flexibility index (Phi) is 7.17. The fourth-order valence-electron chi connectivity index (χ4n) is 1.94. The molecular formula is C12H24N2O2. The first kappa shape index (κ1) is 13.5. The van der Waals surface area contributed by atoms with E-state index in [9.17, 15) is 4.79 Å². The lowest BCUT2D eigenvalue weighted by atomic mass is 10.3. The maximum atomic E-state index is 11.6. The fourth-order valence-corrected chi connectivity index (χ4v) is 1.94. The van der Waals surface area contributed by atoms with Crippen LogP contribution in [0, 0.1) is 0 Å². The molecule has 1 aliphatic rings. The third-order valence-electron chi connectivity index (χ3n) is 2.93. The number of unbranched alkanes of at least 4 members (excludes halogenated alkanes) is 1. The van der Waals surface area contributed by atoms with Crippen LogP contribution in [-0.4, -0.2) is 50.7 Å². The van der Waals surface area contributed by atoms with Gasteiger partial charge in [0.2, 0.25) is 5.91 Å². The zero-order valence-corrected chi connectivity index (χ0v) is 10.3. The highest BCUT2D eigenvalue weighted by Crippen LogP contribution is 2.08. The summed E-state index contributed by atoms with van der Waals surface area (Å²) in [6.45, 7) is 4.55. The first-order valence-electron chi connectivity index (χ1n) is 6.32. The van der Waals surface area contributed by atoms with Gasteiger partial charge in [-0.1, -0.05) is 0 Å². The van der Waals surface area contributed by atoms with Crippen LogP contribution in [0.5, 0.6) is 0 Å². The van der Waals surface area contributed by atoms with Gasteiger partial charge in [0.25, 0.3) is 0 Å². The summed E-state index contributed by atoms with van der Waals surface area (Å²) < 4.78 is 4.97. The Labute approximate surface area is 98.3 Å². The second kappa shape index (κ2) is 8.53. The Morgan fingerprint density at radius 3 is 2.69 bits per heavy atom. The average molecular weight is 228 g/mol. The zero-order valence-electron chi connectivity index (χ0n) is 10.3. The number of nitrogens with one attached hydrogen (secondary N) is 1. The van der Waals surface area contributed by atoms with Crippen LogP contribution in [0.1, 0.15) is 32.1 Å². The van der Waals surface area contributed by atoms with Crippen molar-refractivity contribution in [2.75, 3.05) is 39.9 Å². The average Bonchev–Trinajstić information content (AvgIpc) is 2.81. The molecule has 1 rings (SSSR count). The lowest BCUT2D eigenvalue weighted by molar-refractivity contribution is -0.130. The zero-order chi connectivity index (χ0) is 11.6. The molecule has 94 valence electrons. The third kappa shape index (κ3) is 5.47. The summed E-state index contributed by atoms with van der Waals surface area (Å²) in [7, 11) is 1.72. The molecule has 0 spiro atoms. The van der Waals surface area contributed by atoms with Gasteiger partial charge in [-0.3, -0.25) is 4.79 Å².